The van der Waals surface area contributed by atoms with Gasteiger partial charge >= 0.3 is 32.2 Å². The molecule has 7 heavy (non-hydrogen) atoms. The summed E-state index contributed by atoms with van der Waals surface area (Å²) < 4.78 is 4.20. The van der Waals surface area contributed by atoms with E-state index in [2.05, 4.69) is 4.74 Å². The van der Waals surface area contributed by atoms with Crippen LogP contribution in [0.2, 0.25) is 0 Å². The van der Waals surface area contributed by atoms with Crippen LogP contribution in [0.3, 0.4) is 0 Å². The first-order valence-corrected chi connectivity index (χ1v) is 1.48. The molecule has 0 radical (unpaired) electrons. The predicted octanol–water partition coefficient (Wildman–Crippen LogP) is -1.47. The van der Waals surface area contributed by atoms with Gasteiger partial charge in [-0.3, -0.25) is 0 Å². The second kappa shape index (κ2) is 6.31. The van der Waals surface area contributed by atoms with Gasteiger partial charge in [0.05, 0.1) is 0 Å². The normalized spacial score (nSPS) is 7.00. The van der Waals surface area contributed by atoms with Crippen molar-refractivity contribution in [2.24, 2.45) is 0 Å². The molecule has 0 amide bonds. The van der Waals surface area contributed by atoms with E-state index < -0.39 is 5.97 Å². The zero-order valence-corrected chi connectivity index (χ0v) is 9.68. The van der Waals surface area contributed by atoms with Crippen LogP contribution in [0.4, 0.5) is 0 Å². The number of methoxy groups -OCH3 is 1. The average Bonchev–Trinajstić information content (AvgIpc) is 1.35. The molecule has 0 aromatic heterocycles. The number of rotatable bonds is 2. The number of carboxylic acids is 1. The van der Waals surface area contributed by atoms with Crippen LogP contribution >= 0.6 is 0 Å². The van der Waals surface area contributed by atoms with Gasteiger partial charge in [-0.25, -0.2) is 4.79 Å². The van der Waals surface area contributed by atoms with Crippen molar-refractivity contribution >= 4 is 32.2 Å². The SMILES string of the molecule is COCC(=O)O.[BiH3]. The molecule has 0 aliphatic heterocycles. The van der Waals surface area contributed by atoms with E-state index in [1.54, 1.807) is 0 Å². The molecule has 0 fully saturated rings. The number of carboxylic acid groups (broad SMARTS) is 1. The Hall–Kier alpha value is 0.313. The molecule has 0 unspecified atom stereocenters. The molecule has 0 spiro atoms. The van der Waals surface area contributed by atoms with Crippen molar-refractivity contribution in [1.29, 1.82) is 0 Å². The van der Waals surface area contributed by atoms with Gasteiger partial charge in [-0.15, -0.1) is 0 Å². The second-order valence-electron chi connectivity index (χ2n) is 0.827. The molecule has 44 valence electrons. The van der Waals surface area contributed by atoms with Crippen molar-refractivity contribution in [2.45, 2.75) is 0 Å². The Kier molecular flexibility index (Phi) is 9.31. The van der Waals surface area contributed by atoms with Crippen LogP contribution in [0.5, 0.6) is 0 Å². The fraction of sp³-hybridized carbons (Fsp3) is 0.667. The molecule has 0 saturated heterocycles. The average molecular weight is 302 g/mol. The third-order valence-corrected chi connectivity index (χ3v) is 0.268. The van der Waals surface area contributed by atoms with E-state index in [9.17, 15) is 4.79 Å². The maximum absolute atomic E-state index is 9.47. The van der Waals surface area contributed by atoms with Crippen molar-refractivity contribution in [1.82, 2.24) is 0 Å². The van der Waals surface area contributed by atoms with Gasteiger partial charge in [-0.05, 0) is 0 Å². The summed E-state index contributed by atoms with van der Waals surface area (Å²) in [5.41, 5.74) is 0. The Labute approximate surface area is 60.8 Å². The summed E-state index contributed by atoms with van der Waals surface area (Å²) in [6.07, 6.45) is 0. The fourth-order valence-electron chi connectivity index (χ4n) is 0.123. The molecule has 0 atom stereocenters. The first-order chi connectivity index (χ1) is 2.77. The summed E-state index contributed by atoms with van der Waals surface area (Å²) in [5.74, 6) is -0.933. The van der Waals surface area contributed by atoms with Gasteiger partial charge in [0, 0.05) is 7.11 Å². The van der Waals surface area contributed by atoms with Crippen LogP contribution in [-0.4, -0.2) is 51.0 Å². The zero-order valence-electron chi connectivity index (χ0n) is 4.18. The molecule has 4 heteroatoms. The first kappa shape index (κ1) is 10.3. The second-order valence-corrected chi connectivity index (χ2v) is 0.827. The summed E-state index contributed by atoms with van der Waals surface area (Å²) in [7, 11) is 1.34. The Morgan fingerprint density at radius 2 is 2.29 bits per heavy atom. The van der Waals surface area contributed by atoms with Gasteiger partial charge in [0.15, 0.2) is 0 Å². The fourth-order valence-corrected chi connectivity index (χ4v) is 0.123. The summed E-state index contributed by atoms with van der Waals surface area (Å²) in [5, 5.41) is 7.79. The minimum atomic E-state index is -0.933. The minimum absolute atomic E-state index is 0. The van der Waals surface area contributed by atoms with Crippen molar-refractivity contribution in [3.63, 3.8) is 0 Å². The summed E-state index contributed by atoms with van der Waals surface area (Å²) in [6, 6.07) is 0. The van der Waals surface area contributed by atoms with E-state index in [-0.39, 0.29) is 32.8 Å². The van der Waals surface area contributed by atoms with Crippen LogP contribution in [0.1, 0.15) is 0 Å². The van der Waals surface area contributed by atoms with E-state index in [1.165, 1.54) is 7.11 Å². The molecule has 0 bridgehead atoms. The monoisotopic (exact) mass is 302 g/mol. The Bertz CT molecular complexity index is 54.1. The molecule has 0 aliphatic carbocycles. The van der Waals surface area contributed by atoms with Gasteiger partial charge in [0.2, 0.25) is 0 Å². The predicted molar refractivity (Wildman–Crippen MR) is 29.5 cm³/mol. The molecule has 0 heterocycles. The summed E-state index contributed by atoms with van der Waals surface area (Å²) >= 11 is 0. The molecular formula is C3H9BiO3. The molecule has 3 nitrogen and oxygen atoms in total. The quantitative estimate of drug-likeness (QED) is 0.634. The van der Waals surface area contributed by atoms with E-state index in [0.717, 1.165) is 0 Å². The van der Waals surface area contributed by atoms with E-state index in [1.807, 2.05) is 0 Å². The Morgan fingerprint density at radius 3 is 2.29 bits per heavy atom. The molecule has 0 saturated carbocycles. The van der Waals surface area contributed by atoms with Crippen LogP contribution in [0.15, 0.2) is 0 Å². The number of aliphatic carboxylic acids is 1. The van der Waals surface area contributed by atoms with Gasteiger partial charge in [0.25, 0.3) is 0 Å². The number of carbonyl (C=O) groups is 1. The Balaban J connectivity index is 0. The van der Waals surface area contributed by atoms with Crippen LogP contribution in [0, 0.1) is 0 Å². The van der Waals surface area contributed by atoms with Crippen molar-refractivity contribution in [2.75, 3.05) is 13.7 Å². The van der Waals surface area contributed by atoms with Crippen LogP contribution < -0.4 is 0 Å². The van der Waals surface area contributed by atoms with Gasteiger partial charge in [-0.1, -0.05) is 0 Å². The van der Waals surface area contributed by atoms with Crippen LogP contribution in [0.25, 0.3) is 0 Å². The third-order valence-electron chi connectivity index (χ3n) is 0.268. The summed E-state index contributed by atoms with van der Waals surface area (Å²) in [6.45, 7) is -0.208. The van der Waals surface area contributed by atoms with Crippen molar-refractivity contribution in [3.8, 4) is 0 Å². The molecule has 0 aliphatic rings. The number of hydrogen-bond acceptors (Lipinski definition) is 2. The maximum atomic E-state index is 9.47. The zero-order chi connectivity index (χ0) is 4.99. The topological polar surface area (TPSA) is 46.5 Å². The van der Waals surface area contributed by atoms with Gasteiger partial charge in [0.1, 0.15) is 6.61 Å². The van der Waals surface area contributed by atoms with Gasteiger partial charge < -0.3 is 9.84 Å². The summed E-state index contributed by atoms with van der Waals surface area (Å²) in [4.78, 5) is 9.47. The number of ether oxygens (including phenoxy) is 1. The van der Waals surface area contributed by atoms with Gasteiger partial charge in [-0.2, -0.15) is 0 Å². The van der Waals surface area contributed by atoms with E-state index in [4.69, 9.17) is 5.11 Å². The standard InChI is InChI=1S/C3H6O3.Bi.3H/c1-6-2-3(4)5;;;;/h2H2,1H3,(H,4,5);;;;. The molecule has 0 aromatic carbocycles. The van der Waals surface area contributed by atoms with E-state index in [0.29, 0.717) is 0 Å². The molecule has 0 aromatic rings. The molecule has 1 N–H and O–H groups in total. The third kappa shape index (κ3) is 10.7. The van der Waals surface area contributed by atoms with Crippen molar-refractivity contribution < 1.29 is 14.6 Å². The Morgan fingerprint density at radius 1 is 1.86 bits per heavy atom. The van der Waals surface area contributed by atoms with E-state index >= 15 is 0 Å². The van der Waals surface area contributed by atoms with Crippen molar-refractivity contribution in [3.05, 3.63) is 0 Å². The number of hydrogen-bond donors (Lipinski definition) is 1. The van der Waals surface area contributed by atoms with Crippen LogP contribution in [-0.2, 0) is 9.53 Å². The molecular weight excluding hydrogens is 293 g/mol. The first-order valence-electron chi connectivity index (χ1n) is 1.48. The molecule has 0 rings (SSSR count).